The van der Waals surface area contributed by atoms with Gasteiger partial charge in [-0.05, 0) is 52.4 Å². The molecule has 0 unspecified atom stereocenters. The highest BCUT2D eigenvalue weighted by atomic mass is 16.3. The van der Waals surface area contributed by atoms with Gasteiger partial charge >= 0.3 is 0 Å². The Bertz CT molecular complexity index is 371. The van der Waals surface area contributed by atoms with E-state index in [1.807, 2.05) is 27.7 Å². The van der Waals surface area contributed by atoms with Crippen LogP contribution in [0, 0.1) is 5.41 Å². The lowest BCUT2D eigenvalue weighted by atomic mass is 9.79. The van der Waals surface area contributed by atoms with Gasteiger partial charge in [-0.25, -0.2) is 4.99 Å². The Morgan fingerprint density at radius 1 is 1.09 bits per heavy atom. The minimum absolute atomic E-state index is 0.0542. The van der Waals surface area contributed by atoms with Crippen molar-refractivity contribution in [3.8, 4) is 0 Å². The smallest absolute Gasteiger partial charge is 0.242 e. The van der Waals surface area contributed by atoms with Gasteiger partial charge in [0.05, 0.1) is 0 Å². The molecule has 0 spiro atoms. The number of nitrogens with zero attached hydrogens (tertiary/aromatic N) is 1. The van der Waals surface area contributed by atoms with Gasteiger partial charge in [-0.2, -0.15) is 0 Å². The van der Waals surface area contributed by atoms with Crippen LogP contribution in [0.2, 0.25) is 0 Å². The Hall–Kier alpha value is -1.30. The van der Waals surface area contributed by atoms with Crippen molar-refractivity contribution in [2.45, 2.75) is 66.3 Å². The molecule has 0 fully saturated rings. The van der Waals surface area contributed by atoms with Gasteiger partial charge in [-0.3, -0.25) is 4.79 Å². The average Bonchev–Trinajstić information content (AvgIpc) is 2.47. The summed E-state index contributed by atoms with van der Waals surface area (Å²) in [6.45, 7) is 13.9. The van der Waals surface area contributed by atoms with Gasteiger partial charge in [0.25, 0.3) is 0 Å². The molecule has 0 aliphatic carbocycles. The summed E-state index contributed by atoms with van der Waals surface area (Å²) in [4.78, 5) is 16.2. The second-order valence-corrected chi connectivity index (χ2v) is 7.03. The summed E-state index contributed by atoms with van der Waals surface area (Å²) >= 11 is 0. The maximum absolute atomic E-state index is 11.9. The molecule has 0 atom stereocenters. The number of carbonyl (C=O) groups is 1. The highest BCUT2D eigenvalue weighted by Gasteiger charge is 2.25. The maximum Gasteiger partial charge on any atom is 0.242 e. The second-order valence-electron chi connectivity index (χ2n) is 7.03. The largest absolute Gasteiger partial charge is 0.396 e. The van der Waals surface area contributed by atoms with E-state index < -0.39 is 0 Å². The zero-order valence-corrected chi connectivity index (χ0v) is 15.8. The van der Waals surface area contributed by atoms with Gasteiger partial charge in [0.15, 0.2) is 5.96 Å². The third kappa shape index (κ3) is 9.43. The Morgan fingerprint density at radius 2 is 1.70 bits per heavy atom. The van der Waals surface area contributed by atoms with E-state index in [0.29, 0.717) is 5.96 Å². The number of nitrogens with one attached hydrogen (secondary N) is 3. The van der Waals surface area contributed by atoms with Gasteiger partial charge in [-0.15, -0.1) is 0 Å². The first-order chi connectivity index (χ1) is 10.7. The van der Waals surface area contributed by atoms with E-state index in [-0.39, 0.29) is 30.0 Å². The normalized spacial score (nSPS) is 12.9. The van der Waals surface area contributed by atoms with E-state index in [2.05, 4.69) is 34.8 Å². The standard InChI is InChI=1S/C17H36N4O2/c1-7-17(8-2,10-11-22)13-20-15(18-9-3)19-12-14(23)21-16(4,5)6/h22H,7-13H2,1-6H3,(H,21,23)(H2,18,19,20). The van der Waals surface area contributed by atoms with E-state index >= 15 is 0 Å². The molecule has 0 heterocycles. The SMILES string of the molecule is CCNC(=NCC(=O)NC(C)(C)C)NCC(CC)(CC)CCO. The minimum atomic E-state index is -0.251. The van der Waals surface area contributed by atoms with Crippen LogP contribution in [0.4, 0.5) is 0 Å². The van der Waals surface area contributed by atoms with Gasteiger partial charge < -0.3 is 21.1 Å². The molecule has 0 bridgehead atoms. The molecule has 4 N–H and O–H groups in total. The van der Waals surface area contributed by atoms with Gasteiger partial charge in [0.1, 0.15) is 6.54 Å². The van der Waals surface area contributed by atoms with Crippen molar-refractivity contribution >= 4 is 11.9 Å². The van der Waals surface area contributed by atoms with Crippen molar-refractivity contribution in [2.75, 3.05) is 26.2 Å². The first-order valence-electron chi connectivity index (χ1n) is 8.66. The zero-order chi connectivity index (χ0) is 17.9. The number of aliphatic imine (C=N–C) groups is 1. The van der Waals surface area contributed by atoms with Crippen LogP contribution >= 0.6 is 0 Å². The van der Waals surface area contributed by atoms with Crippen molar-refractivity contribution in [2.24, 2.45) is 10.4 Å². The fourth-order valence-electron chi connectivity index (χ4n) is 2.40. The van der Waals surface area contributed by atoms with Crippen LogP contribution in [0.3, 0.4) is 0 Å². The van der Waals surface area contributed by atoms with Crippen molar-refractivity contribution in [3.05, 3.63) is 0 Å². The summed E-state index contributed by atoms with van der Waals surface area (Å²) < 4.78 is 0. The van der Waals surface area contributed by atoms with E-state index in [0.717, 1.165) is 32.4 Å². The van der Waals surface area contributed by atoms with E-state index in [1.165, 1.54) is 0 Å². The predicted molar refractivity (Wildman–Crippen MR) is 96.6 cm³/mol. The summed E-state index contributed by atoms with van der Waals surface area (Å²) in [6, 6.07) is 0. The molecule has 0 aromatic rings. The topological polar surface area (TPSA) is 85.8 Å². The van der Waals surface area contributed by atoms with Crippen LogP contribution in [0.5, 0.6) is 0 Å². The molecule has 0 aliphatic heterocycles. The van der Waals surface area contributed by atoms with Crippen molar-refractivity contribution in [1.82, 2.24) is 16.0 Å². The predicted octanol–water partition coefficient (Wildman–Crippen LogP) is 1.65. The molecule has 23 heavy (non-hydrogen) atoms. The molecule has 0 aromatic heterocycles. The molecule has 0 radical (unpaired) electrons. The molecular weight excluding hydrogens is 292 g/mol. The van der Waals surface area contributed by atoms with Crippen LogP contribution < -0.4 is 16.0 Å². The van der Waals surface area contributed by atoms with E-state index in [4.69, 9.17) is 0 Å². The molecule has 136 valence electrons. The summed E-state index contributed by atoms with van der Waals surface area (Å²) in [7, 11) is 0. The fraction of sp³-hybridized carbons (Fsp3) is 0.882. The molecule has 1 amide bonds. The quantitative estimate of drug-likeness (QED) is 0.383. The third-order valence-electron chi connectivity index (χ3n) is 4.01. The number of rotatable bonds is 9. The molecule has 6 nitrogen and oxygen atoms in total. The number of hydrogen-bond acceptors (Lipinski definition) is 3. The molecule has 0 aliphatic rings. The summed E-state index contributed by atoms with van der Waals surface area (Å²) in [5, 5.41) is 18.7. The highest BCUT2D eigenvalue weighted by Crippen LogP contribution is 2.29. The van der Waals surface area contributed by atoms with Crippen LogP contribution in [-0.4, -0.2) is 48.8 Å². The number of hydrogen-bond donors (Lipinski definition) is 4. The fourth-order valence-corrected chi connectivity index (χ4v) is 2.40. The lowest BCUT2D eigenvalue weighted by Gasteiger charge is -2.32. The Balaban J connectivity index is 4.72. The number of guanidine groups is 1. The van der Waals surface area contributed by atoms with Crippen LogP contribution in [-0.2, 0) is 4.79 Å². The molecule has 0 rings (SSSR count). The van der Waals surface area contributed by atoms with Crippen LogP contribution in [0.1, 0.15) is 60.8 Å². The number of aliphatic hydroxyl groups excluding tert-OH is 1. The van der Waals surface area contributed by atoms with Crippen molar-refractivity contribution < 1.29 is 9.90 Å². The zero-order valence-electron chi connectivity index (χ0n) is 15.8. The van der Waals surface area contributed by atoms with E-state index in [9.17, 15) is 9.90 Å². The summed E-state index contributed by atoms with van der Waals surface area (Å²) in [5.41, 5.74) is -0.197. The summed E-state index contributed by atoms with van der Waals surface area (Å²) in [5.74, 6) is 0.545. The van der Waals surface area contributed by atoms with Gasteiger partial charge in [0, 0.05) is 25.2 Å². The van der Waals surface area contributed by atoms with Gasteiger partial charge in [0.2, 0.25) is 5.91 Å². The maximum atomic E-state index is 11.9. The lowest BCUT2D eigenvalue weighted by molar-refractivity contribution is -0.121. The monoisotopic (exact) mass is 328 g/mol. The Morgan fingerprint density at radius 3 is 2.13 bits per heavy atom. The minimum Gasteiger partial charge on any atom is -0.396 e. The second kappa shape index (κ2) is 10.5. The summed E-state index contributed by atoms with van der Waals surface area (Å²) in [6.07, 6.45) is 2.73. The average molecular weight is 329 g/mol. The molecule has 0 aromatic carbocycles. The molecule has 0 saturated heterocycles. The molecule has 0 saturated carbocycles. The first kappa shape index (κ1) is 21.7. The number of aliphatic hydroxyl groups is 1. The number of carbonyl (C=O) groups excluding carboxylic acids is 1. The van der Waals surface area contributed by atoms with Crippen molar-refractivity contribution in [1.29, 1.82) is 0 Å². The van der Waals surface area contributed by atoms with E-state index in [1.54, 1.807) is 0 Å². The van der Waals surface area contributed by atoms with Crippen LogP contribution in [0.25, 0.3) is 0 Å². The molecular formula is C17H36N4O2. The molecule has 6 heteroatoms. The number of amides is 1. The van der Waals surface area contributed by atoms with Gasteiger partial charge in [-0.1, -0.05) is 13.8 Å². The first-order valence-corrected chi connectivity index (χ1v) is 8.66. The Labute approximate surface area is 141 Å². The lowest BCUT2D eigenvalue weighted by Crippen LogP contribution is -2.45. The third-order valence-corrected chi connectivity index (χ3v) is 4.01. The highest BCUT2D eigenvalue weighted by molar-refractivity contribution is 5.85. The van der Waals surface area contributed by atoms with Crippen molar-refractivity contribution in [3.63, 3.8) is 0 Å². The van der Waals surface area contributed by atoms with Crippen LogP contribution in [0.15, 0.2) is 4.99 Å². The Kier molecular flexibility index (Phi) is 9.88.